The molecule has 2 aromatic rings. The normalized spacial score (nSPS) is 18.4. The summed E-state index contributed by atoms with van der Waals surface area (Å²) in [5, 5.41) is 4.77. The maximum Gasteiger partial charge on any atom is 0.236 e. The smallest absolute Gasteiger partial charge is 0.236 e. The number of nitrogens with zero attached hydrogens (tertiary/aromatic N) is 4. The van der Waals surface area contributed by atoms with Crippen LogP contribution in [0.5, 0.6) is 0 Å². The van der Waals surface area contributed by atoms with E-state index in [2.05, 4.69) is 29.2 Å². The van der Waals surface area contributed by atoms with Gasteiger partial charge in [0.05, 0.1) is 25.5 Å². The molecule has 6 heteroatoms. The average molecular weight is 354 g/mol. The Balaban J connectivity index is 1.46. The molecule has 26 heavy (non-hydrogen) atoms. The summed E-state index contributed by atoms with van der Waals surface area (Å²) < 4.78 is 7.36. The third kappa shape index (κ3) is 3.52. The van der Waals surface area contributed by atoms with Gasteiger partial charge in [0.2, 0.25) is 5.91 Å². The lowest BCUT2D eigenvalue weighted by molar-refractivity contribution is -0.136. The first-order valence-electron chi connectivity index (χ1n) is 9.40. The number of ether oxygens (including phenoxy) is 1. The average Bonchev–Trinajstić information content (AvgIpc) is 2.86. The van der Waals surface area contributed by atoms with Crippen molar-refractivity contribution in [3.63, 3.8) is 0 Å². The summed E-state index contributed by atoms with van der Waals surface area (Å²) in [5.41, 5.74) is 4.89. The second-order valence-corrected chi connectivity index (χ2v) is 7.03. The van der Waals surface area contributed by atoms with Gasteiger partial charge in [-0.2, -0.15) is 5.10 Å². The van der Waals surface area contributed by atoms with Crippen molar-refractivity contribution in [3.8, 4) is 11.3 Å². The molecule has 2 aliphatic rings. The molecule has 0 spiro atoms. The summed E-state index contributed by atoms with van der Waals surface area (Å²) in [6, 6.07) is 10.4. The van der Waals surface area contributed by atoms with Gasteiger partial charge < -0.3 is 9.64 Å². The molecule has 138 valence electrons. The van der Waals surface area contributed by atoms with E-state index in [-0.39, 0.29) is 5.91 Å². The number of benzene rings is 1. The first-order valence-corrected chi connectivity index (χ1v) is 9.40. The Hall–Kier alpha value is -2.18. The van der Waals surface area contributed by atoms with Crippen molar-refractivity contribution >= 4 is 5.91 Å². The van der Waals surface area contributed by atoms with Crippen LogP contribution in [0.1, 0.15) is 11.3 Å². The highest BCUT2D eigenvalue weighted by atomic mass is 16.5. The van der Waals surface area contributed by atoms with E-state index in [9.17, 15) is 4.79 Å². The van der Waals surface area contributed by atoms with Gasteiger partial charge in [0, 0.05) is 56.5 Å². The summed E-state index contributed by atoms with van der Waals surface area (Å²) in [5.74, 6) is 0.223. The van der Waals surface area contributed by atoms with Crippen molar-refractivity contribution in [1.29, 1.82) is 0 Å². The topological polar surface area (TPSA) is 50.6 Å². The van der Waals surface area contributed by atoms with Crippen LogP contribution in [-0.2, 0) is 29.4 Å². The van der Waals surface area contributed by atoms with E-state index in [0.29, 0.717) is 19.8 Å². The monoisotopic (exact) mass is 354 g/mol. The summed E-state index contributed by atoms with van der Waals surface area (Å²) >= 11 is 0. The Kier molecular flexibility index (Phi) is 5.04. The lowest BCUT2D eigenvalue weighted by Gasteiger charge is -2.29. The third-order valence-corrected chi connectivity index (χ3v) is 5.39. The Morgan fingerprint density at radius 2 is 1.81 bits per heavy atom. The predicted molar refractivity (Wildman–Crippen MR) is 99.9 cm³/mol. The van der Waals surface area contributed by atoms with Gasteiger partial charge in [0.25, 0.3) is 0 Å². The number of hydrogen-bond donors (Lipinski definition) is 0. The van der Waals surface area contributed by atoms with Gasteiger partial charge in [-0.1, -0.05) is 30.3 Å². The maximum absolute atomic E-state index is 12.6. The zero-order valence-electron chi connectivity index (χ0n) is 15.4. The van der Waals surface area contributed by atoms with Crippen LogP contribution in [0.4, 0.5) is 0 Å². The number of carbonyl (C=O) groups excluding carboxylic acids is 1. The van der Waals surface area contributed by atoms with Crippen LogP contribution in [0, 0.1) is 0 Å². The minimum absolute atomic E-state index is 0.223. The van der Waals surface area contributed by atoms with E-state index in [0.717, 1.165) is 44.7 Å². The quantitative estimate of drug-likeness (QED) is 0.835. The number of amides is 1. The Morgan fingerprint density at radius 1 is 1.08 bits per heavy atom. The molecule has 6 nitrogen and oxygen atoms in total. The van der Waals surface area contributed by atoms with E-state index in [1.807, 2.05) is 22.7 Å². The minimum atomic E-state index is 0.223. The summed E-state index contributed by atoms with van der Waals surface area (Å²) in [4.78, 5) is 16.8. The van der Waals surface area contributed by atoms with E-state index in [1.54, 1.807) is 0 Å². The molecule has 1 amide bonds. The highest BCUT2D eigenvalue weighted by molar-refractivity contribution is 5.78. The molecule has 3 heterocycles. The number of morpholine rings is 1. The molecule has 1 fully saturated rings. The first kappa shape index (κ1) is 17.2. The molecule has 1 aromatic heterocycles. The lowest BCUT2D eigenvalue weighted by Crippen LogP contribution is -2.46. The highest BCUT2D eigenvalue weighted by Gasteiger charge is 2.25. The van der Waals surface area contributed by atoms with E-state index < -0.39 is 0 Å². The van der Waals surface area contributed by atoms with Gasteiger partial charge in [0.1, 0.15) is 0 Å². The van der Waals surface area contributed by atoms with Crippen molar-refractivity contribution in [2.75, 3.05) is 45.9 Å². The molecule has 0 atom stereocenters. The number of aromatic nitrogens is 2. The molecule has 0 saturated carbocycles. The number of aryl methyl sites for hydroxylation is 1. The fourth-order valence-corrected chi connectivity index (χ4v) is 3.91. The fraction of sp³-hybridized carbons (Fsp3) is 0.500. The van der Waals surface area contributed by atoms with Crippen LogP contribution < -0.4 is 0 Å². The highest BCUT2D eigenvalue weighted by Crippen LogP contribution is 2.27. The minimum Gasteiger partial charge on any atom is -0.378 e. The Morgan fingerprint density at radius 3 is 2.58 bits per heavy atom. The SMILES string of the molecule is Cn1nc(-c2ccccc2)c2c1CCN(CC(=O)N1CCOCC1)CC2. The van der Waals surface area contributed by atoms with Gasteiger partial charge in [-0.3, -0.25) is 14.4 Å². The van der Waals surface area contributed by atoms with Crippen molar-refractivity contribution < 1.29 is 9.53 Å². The first-order chi connectivity index (χ1) is 12.7. The largest absolute Gasteiger partial charge is 0.378 e. The van der Waals surface area contributed by atoms with Crippen LogP contribution in [0.3, 0.4) is 0 Å². The van der Waals surface area contributed by atoms with Gasteiger partial charge in [-0.25, -0.2) is 0 Å². The summed E-state index contributed by atoms with van der Waals surface area (Å²) in [7, 11) is 2.03. The Labute approximate surface area is 154 Å². The number of hydrogen-bond acceptors (Lipinski definition) is 4. The van der Waals surface area contributed by atoms with Crippen molar-refractivity contribution in [2.24, 2.45) is 7.05 Å². The van der Waals surface area contributed by atoms with Crippen molar-refractivity contribution in [3.05, 3.63) is 41.6 Å². The number of fused-ring (bicyclic) bond motifs is 1. The van der Waals surface area contributed by atoms with E-state index in [1.165, 1.54) is 16.8 Å². The van der Waals surface area contributed by atoms with Gasteiger partial charge in [0.15, 0.2) is 0 Å². The molecule has 0 unspecified atom stereocenters. The van der Waals surface area contributed by atoms with Crippen LogP contribution >= 0.6 is 0 Å². The lowest BCUT2D eigenvalue weighted by atomic mass is 10.0. The van der Waals surface area contributed by atoms with Crippen LogP contribution in [-0.4, -0.2) is 71.4 Å². The molecule has 4 rings (SSSR count). The predicted octanol–water partition coefficient (Wildman–Crippen LogP) is 1.35. The molecule has 1 saturated heterocycles. The molecule has 0 aliphatic carbocycles. The summed E-state index contributed by atoms with van der Waals surface area (Å²) in [6.07, 6.45) is 1.87. The molecule has 0 radical (unpaired) electrons. The molecule has 1 aromatic carbocycles. The maximum atomic E-state index is 12.6. The van der Waals surface area contributed by atoms with Gasteiger partial charge >= 0.3 is 0 Å². The summed E-state index contributed by atoms with van der Waals surface area (Å²) in [6.45, 7) is 5.05. The molecule has 0 bridgehead atoms. The molecular formula is C20H26N4O2. The van der Waals surface area contributed by atoms with Crippen molar-refractivity contribution in [2.45, 2.75) is 12.8 Å². The second kappa shape index (κ2) is 7.60. The van der Waals surface area contributed by atoms with Crippen molar-refractivity contribution in [1.82, 2.24) is 19.6 Å². The Bertz CT molecular complexity index is 766. The van der Waals surface area contributed by atoms with E-state index >= 15 is 0 Å². The standard InChI is InChI=1S/C20H26N4O2/c1-22-18-8-10-23(15-19(25)24-11-13-26-14-12-24)9-7-17(18)20(21-22)16-5-3-2-4-6-16/h2-6H,7-15H2,1H3. The molecule has 2 aliphatic heterocycles. The van der Waals surface area contributed by atoms with Crippen LogP contribution in [0.25, 0.3) is 11.3 Å². The molecule has 0 N–H and O–H groups in total. The van der Waals surface area contributed by atoms with E-state index in [4.69, 9.17) is 9.84 Å². The second-order valence-electron chi connectivity index (χ2n) is 7.03. The zero-order valence-corrected chi connectivity index (χ0v) is 15.4. The van der Waals surface area contributed by atoms with Gasteiger partial charge in [-0.05, 0) is 6.42 Å². The third-order valence-electron chi connectivity index (χ3n) is 5.39. The molecular weight excluding hydrogens is 328 g/mol. The zero-order chi connectivity index (χ0) is 17.9. The number of carbonyl (C=O) groups is 1. The fourth-order valence-electron chi connectivity index (χ4n) is 3.91. The van der Waals surface area contributed by atoms with Crippen LogP contribution in [0.15, 0.2) is 30.3 Å². The van der Waals surface area contributed by atoms with Crippen LogP contribution in [0.2, 0.25) is 0 Å². The number of rotatable bonds is 3. The van der Waals surface area contributed by atoms with Gasteiger partial charge in [-0.15, -0.1) is 0 Å².